The lowest BCUT2D eigenvalue weighted by Gasteiger charge is -2.20. The largest absolute Gasteiger partial charge is 0.494 e. The number of benzene rings is 3. The number of unbranched alkanes of at least 4 members (excludes halogenated alkanes) is 2. The Morgan fingerprint density at radius 3 is 2.47 bits per heavy atom. The minimum absolute atomic E-state index is 0.0666. The van der Waals surface area contributed by atoms with E-state index in [9.17, 15) is 4.79 Å². The molecule has 0 aliphatic rings. The SMILES string of the molecule is CCCCCOc1ccc(C(=O)N(Cc2ccccc2)c2nc3c(C)cccc3s2)cc1. The summed E-state index contributed by atoms with van der Waals surface area (Å²) in [5.74, 6) is 0.728. The van der Waals surface area contributed by atoms with Crippen molar-refractivity contribution in [1.29, 1.82) is 0 Å². The van der Waals surface area contributed by atoms with Crippen LogP contribution in [-0.4, -0.2) is 17.5 Å². The fourth-order valence-electron chi connectivity index (χ4n) is 3.57. The molecule has 1 aromatic heterocycles. The molecule has 0 N–H and O–H groups in total. The van der Waals surface area contributed by atoms with E-state index < -0.39 is 0 Å². The molecule has 32 heavy (non-hydrogen) atoms. The number of rotatable bonds is 9. The van der Waals surface area contributed by atoms with Crippen LogP contribution in [0.1, 0.15) is 47.7 Å². The summed E-state index contributed by atoms with van der Waals surface area (Å²) in [6.07, 6.45) is 3.37. The van der Waals surface area contributed by atoms with E-state index in [0.29, 0.717) is 23.8 Å². The Morgan fingerprint density at radius 1 is 0.969 bits per heavy atom. The van der Waals surface area contributed by atoms with Crippen molar-refractivity contribution in [3.63, 3.8) is 0 Å². The molecule has 1 amide bonds. The Morgan fingerprint density at radius 2 is 1.75 bits per heavy atom. The number of amides is 1. The van der Waals surface area contributed by atoms with Crippen LogP contribution in [0.4, 0.5) is 5.13 Å². The van der Waals surface area contributed by atoms with Gasteiger partial charge in [-0.2, -0.15) is 0 Å². The number of para-hydroxylation sites is 1. The lowest BCUT2D eigenvalue weighted by molar-refractivity contribution is 0.0985. The summed E-state index contributed by atoms with van der Waals surface area (Å²) in [4.78, 5) is 20.2. The van der Waals surface area contributed by atoms with Crippen molar-refractivity contribution < 1.29 is 9.53 Å². The fraction of sp³-hybridized carbons (Fsp3) is 0.259. The number of carbonyl (C=O) groups excluding carboxylic acids is 1. The third-order valence-corrected chi connectivity index (χ3v) is 6.43. The lowest BCUT2D eigenvalue weighted by Crippen LogP contribution is -2.30. The van der Waals surface area contributed by atoms with Crippen LogP contribution in [0.25, 0.3) is 10.2 Å². The highest BCUT2D eigenvalue weighted by Crippen LogP contribution is 2.32. The molecule has 1 heterocycles. The molecule has 0 atom stereocenters. The van der Waals surface area contributed by atoms with Gasteiger partial charge in [-0.15, -0.1) is 0 Å². The van der Waals surface area contributed by atoms with Crippen molar-refractivity contribution in [2.75, 3.05) is 11.5 Å². The summed E-state index contributed by atoms with van der Waals surface area (Å²) in [6, 6.07) is 23.6. The highest BCUT2D eigenvalue weighted by atomic mass is 32.1. The van der Waals surface area contributed by atoms with Crippen LogP contribution in [0.2, 0.25) is 0 Å². The molecular formula is C27H28N2O2S. The van der Waals surface area contributed by atoms with Crippen molar-refractivity contribution >= 4 is 32.6 Å². The molecule has 0 aliphatic carbocycles. The Labute approximate surface area is 193 Å². The minimum atomic E-state index is -0.0666. The fourth-order valence-corrected chi connectivity index (χ4v) is 4.62. The first-order valence-electron chi connectivity index (χ1n) is 11.1. The van der Waals surface area contributed by atoms with Crippen LogP contribution >= 0.6 is 11.3 Å². The van der Waals surface area contributed by atoms with Gasteiger partial charge < -0.3 is 4.74 Å². The normalized spacial score (nSPS) is 10.9. The van der Waals surface area contributed by atoms with Crippen molar-refractivity contribution in [2.45, 2.75) is 39.7 Å². The second-order valence-corrected chi connectivity index (χ2v) is 8.88. The first-order chi connectivity index (χ1) is 15.7. The molecule has 0 aliphatic heterocycles. The van der Waals surface area contributed by atoms with Gasteiger partial charge in [0.15, 0.2) is 5.13 Å². The number of nitrogens with zero attached hydrogens (tertiary/aromatic N) is 2. The van der Waals surface area contributed by atoms with Crippen molar-refractivity contribution in [1.82, 2.24) is 4.98 Å². The molecule has 0 spiro atoms. The van der Waals surface area contributed by atoms with Crippen molar-refractivity contribution in [2.24, 2.45) is 0 Å². The summed E-state index contributed by atoms with van der Waals surface area (Å²) in [5.41, 5.74) is 3.75. The molecule has 4 rings (SSSR count). The Balaban J connectivity index is 1.60. The molecule has 0 bridgehead atoms. The summed E-state index contributed by atoms with van der Waals surface area (Å²) in [7, 11) is 0. The molecule has 0 fully saturated rings. The molecule has 0 saturated heterocycles. The predicted molar refractivity (Wildman–Crippen MR) is 133 cm³/mol. The number of fused-ring (bicyclic) bond motifs is 1. The number of aromatic nitrogens is 1. The molecule has 4 aromatic rings. The zero-order valence-corrected chi connectivity index (χ0v) is 19.4. The Bertz CT molecular complexity index is 1170. The van der Waals surface area contributed by atoms with Crippen LogP contribution in [0, 0.1) is 6.92 Å². The molecule has 5 heteroatoms. The second-order valence-electron chi connectivity index (χ2n) is 7.87. The van der Waals surface area contributed by atoms with E-state index in [1.165, 1.54) is 6.42 Å². The van der Waals surface area contributed by atoms with Gasteiger partial charge in [0.1, 0.15) is 5.75 Å². The zero-order chi connectivity index (χ0) is 22.3. The number of hydrogen-bond donors (Lipinski definition) is 0. The molecule has 3 aromatic carbocycles. The third kappa shape index (κ3) is 5.17. The number of aryl methyl sites for hydroxylation is 1. The summed E-state index contributed by atoms with van der Waals surface area (Å²) in [5, 5.41) is 0.711. The number of thiazole rings is 1. The van der Waals surface area contributed by atoms with Gasteiger partial charge in [-0.05, 0) is 54.8 Å². The summed E-state index contributed by atoms with van der Waals surface area (Å²) in [6.45, 7) is 5.39. The molecule has 4 nitrogen and oxygen atoms in total. The molecule has 0 unspecified atom stereocenters. The van der Waals surface area contributed by atoms with E-state index in [1.54, 1.807) is 16.2 Å². The van der Waals surface area contributed by atoms with Gasteiger partial charge in [0.25, 0.3) is 5.91 Å². The molecule has 164 valence electrons. The van der Waals surface area contributed by atoms with E-state index in [0.717, 1.165) is 39.9 Å². The quantitative estimate of drug-likeness (QED) is 0.261. The molecular weight excluding hydrogens is 416 g/mol. The van der Waals surface area contributed by atoms with Gasteiger partial charge in [-0.25, -0.2) is 4.98 Å². The summed E-state index contributed by atoms with van der Waals surface area (Å²) >= 11 is 1.55. The first kappa shape index (κ1) is 22.0. The standard InChI is InChI=1S/C27H28N2O2S/c1-3-4-8-18-31-23-16-14-22(15-17-23)26(30)29(19-21-11-6-5-7-12-21)27-28-25-20(2)10-9-13-24(25)32-27/h5-7,9-17H,3-4,8,18-19H2,1-2H3. The van der Waals surface area contributed by atoms with Crippen LogP contribution in [0.5, 0.6) is 5.75 Å². The number of ether oxygens (including phenoxy) is 1. The van der Waals surface area contributed by atoms with E-state index in [-0.39, 0.29) is 5.91 Å². The molecule has 0 radical (unpaired) electrons. The van der Waals surface area contributed by atoms with Crippen molar-refractivity contribution in [3.05, 3.63) is 89.5 Å². The van der Waals surface area contributed by atoms with E-state index in [1.807, 2.05) is 60.7 Å². The first-order valence-corrected chi connectivity index (χ1v) is 11.9. The van der Waals surface area contributed by atoms with Gasteiger partial charge in [-0.1, -0.05) is 73.6 Å². The maximum atomic E-state index is 13.6. The third-order valence-electron chi connectivity index (χ3n) is 5.39. The van der Waals surface area contributed by atoms with E-state index in [2.05, 4.69) is 26.0 Å². The minimum Gasteiger partial charge on any atom is -0.494 e. The number of hydrogen-bond acceptors (Lipinski definition) is 4. The highest BCUT2D eigenvalue weighted by Gasteiger charge is 2.22. The highest BCUT2D eigenvalue weighted by molar-refractivity contribution is 7.22. The van der Waals surface area contributed by atoms with Gasteiger partial charge in [0.05, 0.1) is 23.4 Å². The maximum absolute atomic E-state index is 13.6. The van der Waals surface area contributed by atoms with Crippen LogP contribution in [0.3, 0.4) is 0 Å². The summed E-state index contributed by atoms with van der Waals surface area (Å²) < 4.78 is 6.89. The monoisotopic (exact) mass is 444 g/mol. The van der Waals surface area contributed by atoms with Gasteiger partial charge in [-0.3, -0.25) is 9.69 Å². The van der Waals surface area contributed by atoms with E-state index >= 15 is 0 Å². The van der Waals surface area contributed by atoms with Gasteiger partial charge in [0.2, 0.25) is 0 Å². The molecule has 0 saturated carbocycles. The second kappa shape index (κ2) is 10.4. The maximum Gasteiger partial charge on any atom is 0.260 e. The topological polar surface area (TPSA) is 42.4 Å². The smallest absolute Gasteiger partial charge is 0.260 e. The van der Waals surface area contributed by atoms with Gasteiger partial charge in [0, 0.05) is 5.56 Å². The average Bonchev–Trinajstić information content (AvgIpc) is 3.26. The average molecular weight is 445 g/mol. The zero-order valence-electron chi connectivity index (χ0n) is 18.6. The van der Waals surface area contributed by atoms with Crippen LogP contribution in [0.15, 0.2) is 72.8 Å². The van der Waals surface area contributed by atoms with Crippen LogP contribution < -0.4 is 9.64 Å². The number of carbonyl (C=O) groups is 1. The van der Waals surface area contributed by atoms with Crippen LogP contribution in [-0.2, 0) is 6.54 Å². The lowest BCUT2D eigenvalue weighted by atomic mass is 10.1. The van der Waals surface area contributed by atoms with Crippen molar-refractivity contribution in [3.8, 4) is 5.75 Å². The predicted octanol–water partition coefficient (Wildman–Crippen LogP) is 7.02. The van der Waals surface area contributed by atoms with Gasteiger partial charge >= 0.3 is 0 Å². The Hall–Kier alpha value is -3.18. The number of anilines is 1. The Kier molecular flexibility index (Phi) is 7.17. The van der Waals surface area contributed by atoms with E-state index in [4.69, 9.17) is 9.72 Å².